The van der Waals surface area contributed by atoms with E-state index in [1.807, 2.05) is 6.92 Å². The van der Waals surface area contributed by atoms with Crippen molar-refractivity contribution in [3.63, 3.8) is 0 Å². The number of amidine groups is 1. The van der Waals surface area contributed by atoms with Crippen molar-refractivity contribution >= 4 is 28.9 Å². The van der Waals surface area contributed by atoms with Gasteiger partial charge in [-0.15, -0.1) is 0 Å². The molecular formula is C16H14F4N4O. The number of fused-ring (bicyclic) bond motifs is 1. The van der Waals surface area contributed by atoms with Crippen LogP contribution in [0.4, 0.5) is 17.6 Å². The normalized spacial score (nSPS) is 17.6. The Bertz CT molecular complexity index is 882. The SMILES string of the molecule is CCn1cc(C(=O)NC2CC=NC(C(F)(F)F)=N2)c2cc(F)ccc21. The maximum absolute atomic E-state index is 13.5. The summed E-state index contributed by atoms with van der Waals surface area (Å²) >= 11 is 0. The van der Waals surface area contributed by atoms with E-state index in [2.05, 4.69) is 15.3 Å². The number of rotatable bonds is 3. The van der Waals surface area contributed by atoms with Gasteiger partial charge in [0.05, 0.1) is 5.56 Å². The molecule has 9 heteroatoms. The third-order valence-electron chi connectivity index (χ3n) is 3.80. The smallest absolute Gasteiger partial charge is 0.347 e. The maximum atomic E-state index is 13.5. The zero-order valence-electron chi connectivity index (χ0n) is 13.1. The van der Waals surface area contributed by atoms with Gasteiger partial charge in [0, 0.05) is 36.3 Å². The molecule has 1 aromatic heterocycles. The van der Waals surface area contributed by atoms with Crippen LogP contribution < -0.4 is 5.32 Å². The average molecular weight is 354 g/mol. The molecule has 1 aromatic carbocycles. The first-order valence-corrected chi connectivity index (χ1v) is 7.56. The summed E-state index contributed by atoms with van der Waals surface area (Å²) in [6.07, 6.45) is -3.09. The maximum Gasteiger partial charge on any atom is 0.451 e. The molecule has 1 aliphatic rings. The average Bonchev–Trinajstić information content (AvgIpc) is 2.92. The molecule has 1 atom stereocenters. The molecule has 3 rings (SSSR count). The fourth-order valence-corrected chi connectivity index (χ4v) is 2.65. The molecule has 1 aliphatic heterocycles. The van der Waals surface area contributed by atoms with Crippen molar-refractivity contribution in [3.05, 3.63) is 35.8 Å². The molecule has 0 fully saturated rings. The minimum absolute atomic E-state index is 0.0477. The van der Waals surface area contributed by atoms with E-state index in [1.54, 1.807) is 16.8 Å². The Morgan fingerprint density at radius 2 is 2.16 bits per heavy atom. The van der Waals surface area contributed by atoms with Crippen LogP contribution in [0.3, 0.4) is 0 Å². The van der Waals surface area contributed by atoms with Gasteiger partial charge in [-0.05, 0) is 25.1 Å². The highest BCUT2D eigenvalue weighted by Gasteiger charge is 2.37. The van der Waals surface area contributed by atoms with Gasteiger partial charge < -0.3 is 9.88 Å². The van der Waals surface area contributed by atoms with Crippen LogP contribution >= 0.6 is 0 Å². The van der Waals surface area contributed by atoms with Gasteiger partial charge in [0.2, 0.25) is 5.84 Å². The number of halogens is 4. The van der Waals surface area contributed by atoms with Crippen molar-refractivity contribution in [1.82, 2.24) is 9.88 Å². The van der Waals surface area contributed by atoms with Crippen LogP contribution in [0, 0.1) is 5.82 Å². The third kappa shape index (κ3) is 3.40. The van der Waals surface area contributed by atoms with Crippen LogP contribution in [0.5, 0.6) is 0 Å². The van der Waals surface area contributed by atoms with Gasteiger partial charge in [0.15, 0.2) is 0 Å². The number of hydrogen-bond acceptors (Lipinski definition) is 3. The summed E-state index contributed by atoms with van der Waals surface area (Å²) in [4.78, 5) is 19.1. The second-order valence-electron chi connectivity index (χ2n) is 5.48. The van der Waals surface area contributed by atoms with E-state index in [0.29, 0.717) is 17.4 Å². The van der Waals surface area contributed by atoms with Crippen molar-refractivity contribution in [2.24, 2.45) is 9.98 Å². The predicted octanol–water partition coefficient (Wildman–Crippen LogP) is 3.29. The quantitative estimate of drug-likeness (QED) is 0.845. The lowest BCUT2D eigenvalue weighted by molar-refractivity contribution is -0.0603. The fourth-order valence-electron chi connectivity index (χ4n) is 2.65. The lowest BCUT2D eigenvalue weighted by Gasteiger charge is -2.18. The second kappa shape index (κ2) is 6.30. The molecule has 0 aliphatic carbocycles. The predicted molar refractivity (Wildman–Crippen MR) is 85.4 cm³/mol. The summed E-state index contributed by atoms with van der Waals surface area (Å²) in [6.45, 7) is 2.42. The molecule has 25 heavy (non-hydrogen) atoms. The number of aryl methyl sites for hydroxylation is 1. The van der Waals surface area contributed by atoms with Gasteiger partial charge in [0.25, 0.3) is 5.91 Å². The van der Waals surface area contributed by atoms with E-state index in [0.717, 1.165) is 6.21 Å². The number of benzene rings is 1. The van der Waals surface area contributed by atoms with Gasteiger partial charge in [-0.3, -0.25) is 4.79 Å². The number of aliphatic imine (C=N–C) groups is 2. The van der Waals surface area contributed by atoms with Crippen LogP contribution in [0.25, 0.3) is 10.9 Å². The van der Waals surface area contributed by atoms with Crippen molar-refractivity contribution in [2.45, 2.75) is 32.2 Å². The summed E-state index contributed by atoms with van der Waals surface area (Å²) in [5.41, 5.74) is 0.848. The first-order chi connectivity index (χ1) is 11.8. The summed E-state index contributed by atoms with van der Waals surface area (Å²) in [6, 6.07) is 4.06. The Morgan fingerprint density at radius 3 is 2.84 bits per heavy atom. The molecule has 1 amide bonds. The number of carbonyl (C=O) groups is 1. The molecule has 132 valence electrons. The minimum Gasteiger partial charge on any atom is -0.347 e. The summed E-state index contributed by atoms with van der Waals surface area (Å²) in [7, 11) is 0. The van der Waals surface area contributed by atoms with Gasteiger partial charge in [-0.25, -0.2) is 14.4 Å². The zero-order valence-corrected chi connectivity index (χ0v) is 13.1. The molecule has 0 bridgehead atoms. The van der Waals surface area contributed by atoms with Crippen molar-refractivity contribution in [1.29, 1.82) is 0 Å². The van der Waals surface area contributed by atoms with Gasteiger partial charge in [-0.2, -0.15) is 13.2 Å². The van der Waals surface area contributed by atoms with E-state index in [-0.39, 0.29) is 12.0 Å². The highest BCUT2D eigenvalue weighted by Crippen LogP contribution is 2.24. The number of hydrogen-bond donors (Lipinski definition) is 1. The van der Waals surface area contributed by atoms with E-state index in [1.165, 1.54) is 12.1 Å². The lowest BCUT2D eigenvalue weighted by Crippen LogP contribution is -2.38. The third-order valence-corrected chi connectivity index (χ3v) is 3.80. The topological polar surface area (TPSA) is 58.8 Å². The highest BCUT2D eigenvalue weighted by atomic mass is 19.4. The zero-order chi connectivity index (χ0) is 18.2. The first-order valence-electron chi connectivity index (χ1n) is 7.56. The summed E-state index contributed by atoms with van der Waals surface area (Å²) in [5, 5.41) is 2.83. The standard InChI is InChI=1S/C16H14F4N4O/c1-2-24-8-11(10-7-9(17)3-4-12(10)24)14(25)22-13-5-6-21-15(23-13)16(18,19)20/h3-4,6-8,13H,2,5H2,1H3,(H,22,25). The number of aromatic nitrogens is 1. The van der Waals surface area contributed by atoms with E-state index in [4.69, 9.17) is 0 Å². The van der Waals surface area contributed by atoms with Crippen molar-refractivity contribution in [3.8, 4) is 0 Å². The molecule has 1 N–H and O–H groups in total. The van der Waals surface area contributed by atoms with Gasteiger partial charge in [-0.1, -0.05) is 0 Å². The Morgan fingerprint density at radius 1 is 1.40 bits per heavy atom. The number of carbonyl (C=O) groups excluding carboxylic acids is 1. The highest BCUT2D eigenvalue weighted by molar-refractivity contribution is 6.07. The number of nitrogens with one attached hydrogen (secondary N) is 1. The van der Waals surface area contributed by atoms with E-state index in [9.17, 15) is 22.4 Å². The number of amides is 1. The minimum atomic E-state index is -4.68. The van der Waals surface area contributed by atoms with Crippen LogP contribution in [-0.4, -0.2) is 34.9 Å². The van der Waals surface area contributed by atoms with Crippen LogP contribution in [0.1, 0.15) is 23.7 Å². The van der Waals surface area contributed by atoms with Crippen molar-refractivity contribution in [2.75, 3.05) is 0 Å². The Hall–Kier alpha value is -2.71. The Balaban J connectivity index is 1.89. The Labute approximate surface area is 140 Å². The number of alkyl halides is 3. The summed E-state index contributed by atoms with van der Waals surface area (Å²) in [5.74, 6) is -2.41. The first kappa shape index (κ1) is 17.1. The van der Waals surface area contributed by atoms with Crippen molar-refractivity contribution < 1.29 is 22.4 Å². The van der Waals surface area contributed by atoms with Gasteiger partial charge >= 0.3 is 6.18 Å². The molecule has 0 spiro atoms. The molecule has 0 radical (unpaired) electrons. The monoisotopic (exact) mass is 354 g/mol. The Kier molecular flexibility index (Phi) is 4.32. The molecule has 2 aromatic rings. The molecule has 1 unspecified atom stereocenters. The molecule has 2 heterocycles. The van der Waals surface area contributed by atoms with Crippen LogP contribution in [0.15, 0.2) is 34.4 Å². The van der Waals surface area contributed by atoms with Gasteiger partial charge in [0.1, 0.15) is 12.0 Å². The van der Waals surface area contributed by atoms with E-state index >= 15 is 0 Å². The van der Waals surface area contributed by atoms with Crippen LogP contribution in [-0.2, 0) is 6.54 Å². The lowest BCUT2D eigenvalue weighted by atomic mass is 10.1. The second-order valence-corrected chi connectivity index (χ2v) is 5.48. The fraction of sp³-hybridized carbons (Fsp3) is 0.312. The molecule has 0 saturated heterocycles. The molecular weight excluding hydrogens is 340 g/mol. The van der Waals surface area contributed by atoms with Crippen LogP contribution in [0.2, 0.25) is 0 Å². The molecule has 0 saturated carbocycles. The van der Waals surface area contributed by atoms with E-state index < -0.39 is 29.9 Å². The largest absolute Gasteiger partial charge is 0.451 e. The summed E-state index contributed by atoms with van der Waals surface area (Å²) < 4.78 is 53.3. The molecule has 5 nitrogen and oxygen atoms in total. The number of nitrogens with zero attached hydrogens (tertiary/aromatic N) is 3.